The van der Waals surface area contributed by atoms with Gasteiger partial charge in [0.2, 0.25) is 5.91 Å². The Balaban J connectivity index is 2.33. The van der Waals surface area contributed by atoms with Crippen LogP contribution in [0.3, 0.4) is 0 Å². The van der Waals surface area contributed by atoms with Gasteiger partial charge in [0.1, 0.15) is 0 Å². The Kier molecular flexibility index (Phi) is 7.50. The standard InChI is InChI=1S/C15H24N2O3/c1-19-13-8-7-12(11-14(13)20-2)5-4-10-17-15(18)6-3-9-16/h7-8,11H,3-6,9-10,16H2,1-2H3,(H,17,18). The Bertz CT molecular complexity index is 422. The molecule has 1 aromatic rings. The first-order valence-corrected chi connectivity index (χ1v) is 6.89. The van der Waals surface area contributed by atoms with Gasteiger partial charge in [-0.2, -0.15) is 0 Å². The first kappa shape index (κ1) is 16.3. The molecule has 0 saturated carbocycles. The molecule has 0 saturated heterocycles. The topological polar surface area (TPSA) is 73.6 Å². The van der Waals surface area contributed by atoms with E-state index in [1.165, 1.54) is 5.56 Å². The summed E-state index contributed by atoms with van der Waals surface area (Å²) in [6.45, 7) is 1.23. The number of benzene rings is 1. The number of nitrogens with two attached hydrogens (primary N) is 1. The van der Waals surface area contributed by atoms with E-state index in [0.29, 0.717) is 19.5 Å². The number of rotatable bonds is 9. The summed E-state index contributed by atoms with van der Waals surface area (Å²) >= 11 is 0. The monoisotopic (exact) mass is 280 g/mol. The molecule has 20 heavy (non-hydrogen) atoms. The van der Waals surface area contributed by atoms with Crippen molar-refractivity contribution in [2.45, 2.75) is 25.7 Å². The Hall–Kier alpha value is -1.75. The summed E-state index contributed by atoms with van der Waals surface area (Å²) in [5, 5.41) is 2.89. The van der Waals surface area contributed by atoms with Gasteiger partial charge in [0, 0.05) is 13.0 Å². The van der Waals surface area contributed by atoms with E-state index < -0.39 is 0 Å². The van der Waals surface area contributed by atoms with Crippen molar-refractivity contribution in [2.24, 2.45) is 5.73 Å². The van der Waals surface area contributed by atoms with E-state index in [2.05, 4.69) is 5.32 Å². The fourth-order valence-electron chi connectivity index (χ4n) is 1.91. The van der Waals surface area contributed by atoms with Crippen molar-refractivity contribution >= 4 is 5.91 Å². The molecule has 1 rings (SSSR count). The van der Waals surface area contributed by atoms with Crippen molar-refractivity contribution < 1.29 is 14.3 Å². The Morgan fingerprint density at radius 1 is 1.20 bits per heavy atom. The molecule has 0 radical (unpaired) electrons. The predicted molar refractivity (Wildman–Crippen MR) is 79.2 cm³/mol. The maximum Gasteiger partial charge on any atom is 0.220 e. The van der Waals surface area contributed by atoms with E-state index in [-0.39, 0.29) is 5.91 Å². The van der Waals surface area contributed by atoms with E-state index in [1.807, 2.05) is 18.2 Å². The molecule has 0 heterocycles. The van der Waals surface area contributed by atoms with Crippen molar-refractivity contribution in [1.29, 1.82) is 0 Å². The number of ether oxygens (including phenoxy) is 2. The van der Waals surface area contributed by atoms with Crippen molar-refractivity contribution in [3.8, 4) is 11.5 Å². The lowest BCUT2D eigenvalue weighted by atomic mass is 10.1. The van der Waals surface area contributed by atoms with Gasteiger partial charge in [-0.1, -0.05) is 6.07 Å². The molecule has 0 aliphatic rings. The zero-order valence-corrected chi connectivity index (χ0v) is 12.3. The van der Waals surface area contributed by atoms with Gasteiger partial charge in [0.05, 0.1) is 14.2 Å². The average molecular weight is 280 g/mol. The van der Waals surface area contributed by atoms with E-state index in [0.717, 1.165) is 30.8 Å². The molecule has 0 unspecified atom stereocenters. The summed E-state index contributed by atoms with van der Waals surface area (Å²) in [4.78, 5) is 11.4. The SMILES string of the molecule is COc1ccc(CCCNC(=O)CCCN)cc1OC. The average Bonchev–Trinajstić information content (AvgIpc) is 2.49. The quantitative estimate of drug-likeness (QED) is 0.672. The third kappa shape index (κ3) is 5.48. The normalized spacial score (nSPS) is 10.2. The number of carbonyl (C=O) groups is 1. The molecule has 0 aliphatic heterocycles. The van der Waals surface area contributed by atoms with Gasteiger partial charge in [-0.15, -0.1) is 0 Å². The number of methoxy groups -OCH3 is 2. The minimum Gasteiger partial charge on any atom is -0.493 e. The molecule has 1 amide bonds. The number of hydrogen-bond donors (Lipinski definition) is 2. The van der Waals surface area contributed by atoms with Crippen molar-refractivity contribution in [3.05, 3.63) is 23.8 Å². The Morgan fingerprint density at radius 2 is 1.95 bits per heavy atom. The van der Waals surface area contributed by atoms with Crippen LogP contribution in [0.2, 0.25) is 0 Å². The van der Waals surface area contributed by atoms with Crippen LogP contribution in [0.25, 0.3) is 0 Å². The van der Waals surface area contributed by atoms with Crippen molar-refractivity contribution in [3.63, 3.8) is 0 Å². The molecule has 112 valence electrons. The number of aryl methyl sites for hydroxylation is 1. The number of nitrogens with one attached hydrogen (secondary N) is 1. The second-order valence-electron chi connectivity index (χ2n) is 4.54. The highest BCUT2D eigenvalue weighted by atomic mass is 16.5. The van der Waals surface area contributed by atoms with Gasteiger partial charge in [-0.3, -0.25) is 4.79 Å². The summed E-state index contributed by atoms with van der Waals surface area (Å²) in [6.07, 6.45) is 3.02. The zero-order valence-electron chi connectivity index (χ0n) is 12.3. The van der Waals surface area contributed by atoms with Crippen molar-refractivity contribution in [1.82, 2.24) is 5.32 Å². The van der Waals surface area contributed by atoms with Gasteiger partial charge in [0.25, 0.3) is 0 Å². The first-order valence-electron chi connectivity index (χ1n) is 6.89. The van der Waals surface area contributed by atoms with E-state index in [1.54, 1.807) is 14.2 Å². The molecule has 5 heteroatoms. The Labute approximate surface area is 120 Å². The molecule has 0 fully saturated rings. The van der Waals surface area contributed by atoms with Crippen LogP contribution in [-0.2, 0) is 11.2 Å². The number of carbonyl (C=O) groups excluding carboxylic acids is 1. The van der Waals surface area contributed by atoms with Crippen LogP contribution < -0.4 is 20.5 Å². The minimum absolute atomic E-state index is 0.0720. The third-order valence-corrected chi connectivity index (χ3v) is 3.02. The molecule has 0 atom stereocenters. The van der Waals surface area contributed by atoms with Crippen LogP contribution in [-0.4, -0.2) is 33.2 Å². The second kappa shape index (κ2) is 9.20. The highest BCUT2D eigenvalue weighted by Crippen LogP contribution is 2.27. The molecule has 3 N–H and O–H groups in total. The van der Waals surface area contributed by atoms with Gasteiger partial charge in [-0.25, -0.2) is 0 Å². The van der Waals surface area contributed by atoms with Crippen LogP contribution in [0.1, 0.15) is 24.8 Å². The van der Waals surface area contributed by atoms with Crippen LogP contribution in [0.15, 0.2) is 18.2 Å². The highest BCUT2D eigenvalue weighted by molar-refractivity contribution is 5.75. The minimum atomic E-state index is 0.0720. The largest absolute Gasteiger partial charge is 0.493 e. The lowest BCUT2D eigenvalue weighted by Gasteiger charge is -2.10. The van der Waals surface area contributed by atoms with E-state index in [4.69, 9.17) is 15.2 Å². The van der Waals surface area contributed by atoms with E-state index in [9.17, 15) is 4.79 Å². The van der Waals surface area contributed by atoms with Crippen molar-refractivity contribution in [2.75, 3.05) is 27.3 Å². The summed E-state index contributed by atoms with van der Waals surface area (Å²) in [6, 6.07) is 5.88. The summed E-state index contributed by atoms with van der Waals surface area (Å²) in [5.41, 5.74) is 6.52. The van der Waals surface area contributed by atoms with Gasteiger partial charge >= 0.3 is 0 Å². The molecule has 0 spiro atoms. The predicted octanol–water partition coefficient (Wildman–Crippen LogP) is 1.49. The Morgan fingerprint density at radius 3 is 2.60 bits per heavy atom. The summed E-state index contributed by atoms with van der Waals surface area (Å²) < 4.78 is 10.5. The smallest absolute Gasteiger partial charge is 0.220 e. The van der Waals surface area contributed by atoms with Gasteiger partial charge in [-0.05, 0) is 43.5 Å². The molecule has 0 aliphatic carbocycles. The lowest BCUT2D eigenvalue weighted by molar-refractivity contribution is -0.121. The van der Waals surface area contributed by atoms with Gasteiger partial charge < -0.3 is 20.5 Å². The molecule has 0 aromatic heterocycles. The highest BCUT2D eigenvalue weighted by Gasteiger charge is 2.05. The van der Waals surface area contributed by atoms with E-state index >= 15 is 0 Å². The van der Waals surface area contributed by atoms with Crippen LogP contribution in [0.4, 0.5) is 0 Å². The molecule has 1 aromatic carbocycles. The lowest BCUT2D eigenvalue weighted by Crippen LogP contribution is -2.25. The summed E-state index contributed by atoms with van der Waals surface area (Å²) in [7, 11) is 3.24. The number of hydrogen-bond acceptors (Lipinski definition) is 4. The third-order valence-electron chi connectivity index (χ3n) is 3.02. The maximum atomic E-state index is 11.4. The number of amides is 1. The van der Waals surface area contributed by atoms with Gasteiger partial charge in [0.15, 0.2) is 11.5 Å². The molecule has 5 nitrogen and oxygen atoms in total. The molecule has 0 bridgehead atoms. The van der Waals surface area contributed by atoms with Crippen LogP contribution in [0.5, 0.6) is 11.5 Å². The fourth-order valence-corrected chi connectivity index (χ4v) is 1.91. The maximum absolute atomic E-state index is 11.4. The van der Waals surface area contributed by atoms with Crippen LogP contribution in [0, 0.1) is 0 Å². The van der Waals surface area contributed by atoms with Crippen LogP contribution >= 0.6 is 0 Å². The first-order chi connectivity index (χ1) is 9.71. The zero-order chi connectivity index (χ0) is 14.8. The second-order valence-corrected chi connectivity index (χ2v) is 4.54. The molecular formula is C15H24N2O3. The molecular weight excluding hydrogens is 256 g/mol. The summed E-state index contributed by atoms with van der Waals surface area (Å²) in [5.74, 6) is 1.53. The fraction of sp³-hybridized carbons (Fsp3) is 0.533.